The first-order valence-corrected chi connectivity index (χ1v) is 6.92. The van der Waals surface area contributed by atoms with Crippen molar-refractivity contribution in [1.82, 2.24) is 0 Å². The zero-order chi connectivity index (χ0) is 13.5. The van der Waals surface area contributed by atoms with E-state index in [0.717, 1.165) is 37.0 Å². The van der Waals surface area contributed by atoms with Gasteiger partial charge in [0.05, 0.1) is 24.2 Å². The predicted octanol–water partition coefficient (Wildman–Crippen LogP) is 2.61. The number of rotatable bonds is 2. The van der Waals surface area contributed by atoms with Crippen molar-refractivity contribution in [3.05, 3.63) is 29.3 Å². The maximum Gasteiger partial charge on any atom is 0.119 e. The highest BCUT2D eigenvalue weighted by Crippen LogP contribution is 2.53. The fourth-order valence-electron chi connectivity index (χ4n) is 3.50. The number of aliphatic hydroxyl groups is 1. The van der Waals surface area contributed by atoms with Gasteiger partial charge in [-0.15, -0.1) is 0 Å². The molecule has 3 rings (SSSR count). The Labute approximate surface area is 113 Å². The monoisotopic (exact) mass is 257 g/mol. The highest BCUT2D eigenvalue weighted by atomic mass is 16.5. The first kappa shape index (κ1) is 12.5. The molecule has 1 saturated carbocycles. The van der Waals surface area contributed by atoms with Crippen molar-refractivity contribution < 1.29 is 9.84 Å². The van der Waals surface area contributed by atoms with Crippen LogP contribution >= 0.6 is 0 Å². The van der Waals surface area contributed by atoms with Crippen LogP contribution in [0.15, 0.2) is 18.2 Å². The zero-order valence-corrected chi connectivity index (χ0v) is 11.3. The highest BCUT2D eigenvalue weighted by molar-refractivity contribution is 5.40. The van der Waals surface area contributed by atoms with Crippen LogP contribution in [0.4, 0.5) is 0 Å². The topological polar surface area (TPSA) is 53.2 Å². The molecule has 3 nitrogen and oxygen atoms in total. The summed E-state index contributed by atoms with van der Waals surface area (Å²) >= 11 is 0. The van der Waals surface area contributed by atoms with Gasteiger partial charge in [-0.3, -0.25) is 0 Å². The van der Waals surface area contributed by atoms with E-state index < -0.39 is 11.0 Å². The van der Waals surface area contributed by atoms with Crippen LogP contribution in [0, 0.1) is 16.7 Å². The molecule has 0 amide bonds. The quantitative estimate of drug-likeness (QED) is 0.886. The lowest BCUT2D eigenvalue weighted by Crippen LogP contribution is -2.54. The fraction of sp³-hybridized carbons (Fsp3) is 0.562. The minimum atomic E-state index is -0.862. The van der Waals surface area contributed by atoms with Gasteiger partial charge in [0.15, 0.2) is 0 Å². The number of nitriles is 1. The van der Waals surface area contributed by atoms with Crippen molar-refractivity contribution in [3.63, 3.8) is 0 Å². The molecule has 1 N–H and O–H groups in total. The summed E-state index contributed by atoms with van der Waals surface area (Å²) in [5.74, 6) is 0.822. The Morgan fingerprint density at radius 1 is 1.26 bits per heavy atom. The average molecular weight is 257 g/mol. The van der Waals surface area contributed by atoms with Crippen LogP contribution < -0.4 is 4.74 Å². The number of ether oxygens (including phenoxy) is 1. The van der Waals surface area contributed by atoms with Crippen LogP contribution in [0.1, 0.15) is 36.8 Å². The standard InChI is InChI=1S/C16H19NO2/c1-19-14-4-3-12-5-8-16(18,10-13(12)9-14)15(11-17)6-2-7-15/h3-4,9,18H,2,5-8,10H2,1H3. The SMILES string of the molecule is COc1ccc2c(c1)CC(O)(C1(C#N)CCC1)CC2. The molecule has 0 saturated heterocycles. The van der Waals surface area contributed by atoms with Crippen molar-refractivity contribution in [2.45, 2.75) is 44.1 Å². The van der Waals surface area contributed by atoms with Crippen LogP contribution in [0.2, 0.25) is 0 Å². The number of fused-ring (bicyclic) bond motifs is 1. The number of benzene rings is 1. The van der Waals surface area contributed by atoms with Gasteiger partial charge in [-0.05, 0) is 48.9 Å². The molecular formula is C16H19NO2. The van der Waals surface area contributed by atoms with E-state index in [-0.39, 0.29) is 0 Å². The molecule has 2 aliphatic carbocycles. The summed E-state index contributed by atoms with van der Waals surface area (Å²) in [4.78, 5) is 0. The Morgan fingerprint density at radius 3 is 2.63 bits per heavy atom. The summed E-state index contributed by atoms with van der Waals surface area (Å²) in [6.45, 7) is 0. The van der Waals surface area contributed by atoms with Crippen LogP contribution in [0.3, 0.4) is 0 Å². The Kier molecular flexibility index (Phi) is 2.79. The molecule has 0 aromatic heterocycles. The lowest BCUT2D eigenvalue weighted by atomic mass is 9.55. The summed E-state index contributed by atoms with van der Waals surface area (Å²) in [6, 6.07) is 8.45. The van der Waals surface area contributed by atoms with Gasteiger partial charge in [-0.25, -0.2) is 0 Å². The van der Waals surface area contributed by atoms with Gasteiger partial charge in [0.2, 0.25) is 0 Å². The van der Waals surface area contributed by atoms with Gasteiger partial charge in [-0.1, -0.05) is 12.5 Å². The van der Waals surface area contributed by atoms with Crippen LogP contribution in [-0.4, -0.2) is 17.8 Å². The first-order chi connectivity index (χ1) is 9.12. The molecule has 1 fully saturated rings. The smallest absolute Gasteiger partial charge is 0.119 e. The molecule has 2 aliphatic rings. The maximum absolute atomic E-state index is 11.0. The Hall–Kier alpha value is -1.53. The molecular weight excluding hydrogens is 238 g/mol. The van der Waals surface area contributed by atoms with Gasteiger partial charge < -0.3 is 9.84 Å². The van der Waals surface area contributed by atoms with Gasteiger partial charge in [0.25, 0.3) is 0 Å². The Bertz CT molecular complexity index is 542. The zero-order valence-electron chi connectivity index (χ0n) is 11.3. The molecule has 100 valence electrons. The average Bonchev–Trinajstić information content (AvgIpc) is 2.36. The third-order valence-corrected chi connectivity index (χ3v) is 5.02. The number of hydrogen-bond acceptors (Lipinski definition) is 3. The summed E-state index contributed by atoms with van der Waals surface area (Å²) in [6.07, 6.45) is 4.84. The van der Waals surface area contributed by atoms with Crippen molar-refractivity contribution in [2.75, 3.05) is 7.11 Å². The van der Waals surface area contributed by atoms with E-state index in [2.05, 4.69) is 12.1 Å². The second kappa shape index (κ2) is 4.25. The molecule has 0 aliphatic heterocycles. The number of methoxy groups -OCH3 is 1. The van der Waals surface area contributed by atoms with Gasteiger partial charge in [0.1, 0.15) is 5.75 Å². The molecule has 0 spiro atoms. The first-order valence-electron chi connectivity index (χ1n) is 6.92. The molecule has 1 atom stereocenters. The van der Waals surface area contributed by atoms with E-state index in [1.165, 1.54) is 5.56 Å². The van der Waals surface area contributed by atoms with E-state index in [1.54, 1.807) is 7.11 Å². The molecule has 0 radical (unpaired) electrons. The molecule has 0 bridgehead atoms. The molecule has 1 aromatic carbocycles. The molecule has 1 aromatic rings. The van der Waals surface area contributed by atoms with E-state index in [9.17, 15) is 10.4 Å². The van der Waals surface area contributed by atoms with Gasteiger partial charge in [0, 0.05) is 6.42 Å². The van der Waals surface area contributed by atoms with Crippen LogP contribution in [0.25, 0.3) is 0 Å². The van der Waals surface area contributed by atoms with Gasteiger partial charge in [-0.2, -0.15) is 5.26 Å². The maximum atomic E-state index is 11.0. The van der Waals surface area contributed by atoms with Crippen molar-refractivity contribution >= 4 is 0 Å². The van der Waals surface area contributed by atoms with Crippen molar-refractivity contribution in [2.24, 2.45) is 5.41 Å². The fourth-order valence-corrected chi connectivity index (χ4v) is 3.50. The highest BCUT2D eigenvalue weighted by Gasteiger charge is 2.55. The van der Waals surface area contributed by atoms with Crippen molar-refractivity contribution in [1.29, 1.82) is 5.26 Å². The molecule has 3 heteroatoms. The third-order valence-electron chi connectivity index (χ3n) is 5.02. The second-order valence-corrected chi connectivity index (χ2v) is 5.89. The molecule has 19 heavy (non-hydrogen) atoms. The summed E-state index contributed by atoms with van der Waals surface area (Å²) in [7, 11) is 1.65. The molecule has 1 unspecified atom stereocenters. The summed E-state index contributed by atoms with van der Waals surface area (Å²) < 4.78 is 5.25. The van der Waals surface area contributed by atoms with Crippen LogP contribution in [0.5, 0.6) is 5.75 Å². The normalized spacial score (nSPS) is 27.8. The van der Waals surface area contributed by atoms with Gasteiger partial charge >= 0.3 is 0 Å². The van der Waals surface area contributed by atoms with E-state index in [4.69, 9.17) is 4.74 Å². The molecule has 0 heterocycles. The largest absolute Gasteiger partial charge is 0.497 e. The van der Waals surface area contributed by atoms with E-state index in [1.807, 2.05) is 12.1 Å². The van der Waals surface area contributed by atoms with Crippen LogP contribution in [-0.2, 0) is 12.8 Å². The minimum Gasteiger partial charge on any atom is -0.497 e. The summed E-state index contributed by atoms with van der Waals surface area (Å²) in [5, 5.41) is 20.5. The van der Waals surface area contributed by atoms with E-state index >= 15 is 0 Å². The Morgan fingerprint density at radius 2 is 2.05 bits per heavy atom. The Balaban J connectivity index is 1.94. The lowest BCUT2D eigenvalue weighted by molar-refractivity contribution is -0.102. The minimum absolute atomic E-state index is 0.520. The van der Waals surface area contributed by atoms with Crippen molar-refractivity contribution in [3.8, 4) is 11.8 Å². The lowest BCUT2D eigenvalue weighted by Gasteiger charge is -2.50. The number of nitrogens with zero attached hydrogens (tertiary/aromatic N) is 1. The number of aryl methyl sites for hydroxylation is 1. The predicted molar refractivity (Wildman–Crippen MR) is 71.9 cm³/mol. The number of hydrogen-bond donors (Lipinski definition) is 1. The third kappa shape index (κ3) is 1.74. The van der Waals surface area contributed by atoms with E-state index in [0.29, 0.717) is 12.8 Å². The second-order valence-electron chi connectivity index (χ2n) is 5.89. The summed E-state index contributed by atoms with van der Waals surface area (Å²) in [5.41, 5.74) is 1.03.